The normalized spacial score (nSPS) is 10.7. The van der Waals surface area contributed by atoms with Crippen LogP contribution in [0.25, 0.3) is 0 Å². The van der Waals surface area contributed by atoms with E-state index in [1.807, 2.05) is 0 Å². The Hall–Kier alpha value is -1.83. The summed E-state index contributed by atoms with van der Waals surface area (Å²) >= 11 is 3.24. The lowest BCUT2D eigenvalue weighted by atomic mass is 10.2. The molecule has 1 heterocycles. The van der Waals surface area contributed by atoms with Gasteiger partial charge in [0.25, 0.3) is 0 Å². The van der Waals surface area contributed by atoms with Gasteiger partial charge in [-0.3, -0.25) is 15.6 Å². The van der Waals surface area contributed by atoms with Gasteiger partial charge in [0.2, 0.25) is 5.91 Å². The molecule has 0 aliphatic heterocycles. The highest BCUT2D eigenvalue weighted by Gasteiger charge is 2.15. The number of ether oxygens (including phenoxy) is 1. The number of alkyl carbamates (subject to hydrolysis) is 1. The first-order valence-electron chi connectivity index (χ1n) is 6.90. The van der Waals surface area contributed by atoms with Gasteiger partial charge in [0, 0.05) is 13.0 Å². The molecule has 0 bridgehead atoms. The molecule has 0 aliphatic rings. The number of nitrogens with zero attached hydrogens (tertiary/aromatic N) is 1. The number of hydrazine groups is 1. The minimum Gasteiger partial charge on any atom is -0.444 e. The van der Waals surface area contributed by atoms with E-state index >= 15 is 0 Å². The Morgan fingerprint density at radius 2 is 2.05 bits per heavy atom. The van der Waals surface area contributed by atoms with E-state index in [0.29, 0.717) is 23.4 Å². The quantitative estimate of drug-likeness (QED) is 0.405. The largest absolute Gasteiger partial charge is 0.444 e. The molecule has 0 saturated carbocycles. The number of amides is 2. The number of hydrogen-bond donors (Lipinski definition) is 3. The van der Waals surface area contributed by atoms with Crippen LogP contribution in [0.15, 0.2) is 22.8 Å². The minimum absolute atomic E-state index is 0.187. The van der Waals surface area contributed by atoms with Crippen molar-refractivity contribution in [3.05, 3.63) is 22.8 Å². The number of anilines is 1. The third kappa shape index (κ3) is 8.46. The predicted octanol–water partition coefficient (Wildman–Crippen LogP) is 2.59. The summed E-state index contributed by atoms with van der Waals surface area (Å²) < 4.78 is 5.76. The van der Waals surface area contributed by atoms with Crippen LogP contribution in [0.2, 0.25) is 0 Å². The molecule has 0 fully saturated rings. The zero-order valence-corrected chi connectivity index (χ0v) is 14.5. The van der Waals surface area contributed by atoms with Crippen LogP contribution in [0.1, 0.15) is 33.6 Å². The summed E-state index contributed by atoms with van der Waals surface area (Å²) in [5.41, 5.74) is 4.72. The summed E-state index contributed by atoms with van der Waals surface area (Å²) in [4.78, 5) is 27.1. The van der Waals surface area contributed by atoms with Gasteiger partial charge in [-0.05, 0) is 55.3 Å². The first-order chi connectivity index (χ1) is 10.3. The molecular weight excluding hydrogens is 352 g/mol. The highest BCUT2D eigenvalue weighted by Crippen LogP contribution is 2.09. The Morgan fingerprint density at radius 1 is 1.32 bits per heavy atom. The second-order valence-corrected chi connectivity index (χ2v) is 6.36. The molecule has 1 aromatic heterocycles. The van der Waals surface area contributed by atoms with E-state index in [9.17, 15) is 9.59 Å². The molecule has 0 saturated heterocycles. The number of carbonyl (C=O) groups is 2. The molecule has 0 spiro atoms. The van der Waals surface area contributed by atoms with Gasteiger partial charge in [0.05, 0.1) is 0 Å². The topological polar surface area (TPSA) is 92.3 Å². The predicted molar refractivity (Wildman–Crippen MR) is 87.2 cm³/mol. The molecule has 22 heavy (non-hydrogen) atoms. The van der Waals surface area contributed by atoms with Crippen molar-refractivity contribution in [3.8, 4) is 0 Å². The summed E-state index contributed by atoms with van der Waals surface area (Å²) in [5, 5.41) is 2.60. The lowest BCUT2D eigenvalue weighted by molar-refractivity contribution is -0.120. The summed E-state index contributed by atoms with van der Waals surface area (Å²) in [6.07, 6.45) is 0.305. The molecule has 0 aromatic carbocycles. The van der Waals surface area contributed by atoms with Gasteiger partial charge in [-0.2, -0.15) is 0 Å². The van der Waals surface area contributed by atoms with Gasteiger partial charge in [-0.1, -0.05) is 6.07 Å². The van der Waals surface area contributed by atoms with E-state index in [2.05, 4.69) is 37.1 Å². The lowest BCUT2D eigenvalue weighted by Crippen LogP contribution is -2.34. The van der Waals surface area contributed by atoms with Crippen molar-refractivity contribution in [1.29, 1.82) is 0 Å². The molecule has 0 unspecified atom stereocenters. The van der Waals surface area contributed by atoms with E-state index in [1.54, 1.807) is 39.0 Å². The van der Waals surface area contributed by atoms with E-state index in [4.69, 9.17) is 4.74 Å². The van der Waals surface area contributed by atoms with Crippen LogP contribution in [0.3, 0.4) is 0 Å². The second kappa shape index (κ2) is 8.57. The molecule has 3 N–H and O–H groups in total. The fourth-order valence-electron chi connectivity index (χ4n) is 1.43. The Labute approximate surface area is 138 Å². The number of carbonyl (C=O) groups excluding carboxylic acids is 2. The molecule has 0 atom stereocenters. The fourth-order valence-corrected chi connectivity index (χ4v) is 1.77. The van der Waals surface area contributed by atoms with E-state index < -0.39 is 11.7 Å². The van der Waals surface area contributed by atoms with Crippen molar-refractivity contribution in [3.63, 3.8) is 0 Å². The zero-order chi connectivity index (χ0) is 16.6. The standard InChI is InChI=1S/C14H21BrN4O3/c1-14(2,3)22-13(21)16-9-5-8-12(20)19-18-11-7-4-6-10(15)17-11/h4,6-7H,5,8-9H2,1-3H3,(H,16,21)(H,17,18)(H,19,20). The molecule has 2 amide bonds. The van der Waals surface area contributed by atoms with Crippen LogP contribution >= 0.6 is 15.9 Å². The van der Waals surface area contributed by atoms with E-state index in [-0.39, 0.29) is 12.3 Å². The van der Waals surface area contributed by atoms with Crippen LogP contribution in [0.5, 0.6) is 0 Å². The van der Waals surface area contributed by atoms with Crippen LogP contribution in [-0.4, -0.2) is 29.1 Å². The molecule has 8 heteroatoms. The average Bonchev–Trinajstić information content (AvgIpc) is 2.39. The third-order valence-electron chi connectivity index (χ3n) is 2.29. The third-order valence-corrected chi connectivity index (χ3v) is 2.74. The maximum atomic E-state index is 11.6. The molecule has 0 aliphatic carbocycles. The Balaban J connectivity index is 2.15. The molecule has 1 aromatic rings. The molecular formula is C14H21BrN4O3. The van der Waals surface area contributed by atoms with Gasteiger partial charge in [0.1, 0.15) is 16.0 Å². The molecule has 122 valence electrons. The van der Waals surface area contributed by atoms with Crippen LogP contribution in [0, 0.1) is 0 Å². The summed E-state index contributed by atoms with van der Waals surface area (Å²) in [6.45, 7) is 5.75. The maximum absolute atomic E-state index is 11.6. The van der Waals surface area contributed by atoms with Gasteiger partial charge in [-0.25, -0.2) is 9.78 Å². The molecule has 0 radical (unpaired) electrons. The Bertz CT molecular complexity index is 517. The number of pyridine rings is 1. The number of nitrogens with one attached hydrogen (secondary N) is 3. The van der Waals surface area contributed by atoms with Crippen molar-refractivity contribution in [2.24, 2.45) is 0 Å². The summed E-state index contributed by atoms with van der Waals surface area (Å²) in [6, 6.07) is 5.32. The Kier molecular flexibility index (Phi) is 7.10. The van der Waals surface area contributed by atoms with Crippen LogP contribution in [-0.2, 0) is 9.53 Å². The van der Waals surface area contributed by atoms with Crippen molar-refractivity contribution in [2.75, 3.05) is 12.0 Å². The first kappa shape index (κ1) is 18.2. The number of rotatable bonds is 6. The zero-order valence-electron chi connectivity index (χ0n) is 12.9. The van der Waals surface area contributed by atoms with Gasteiger partial charge >= 0.3 is 6.09 Å². The molecule has 1 rings (SSSR count). The van der Waals surface area contributed by atoms with Gasteiger partial charge in [0.15, 0.2) is 0 Å². The highest BCUT2D eigenvalue weighted by atomic mass is 79.9. The minimum atomic E-state index is -0.525. The van der Waals surface area contributed by atoms with Gasteiger partial charge < -0.3 is 10.1 Å². The fraction of sp³-hybridized carbons (Fsp3) is 0.500. The van der Waals surface area contributed by atoms with Gasteiger partial charge in [-0.15, -0.1) is 0 Å². The number of hydrogen-bond acceptors (Lipinski definition) is 5. The second-order valence-electron chi connectivity index (χ2n) is 5.55. The van der Waals surface area contributed by atoms with Crippen LogP contribution < -0.4 is 16.2 Å². The van der Waals surface area contributed by atoms with Crippen molar-refractivity contribution in [1.82, 2.24) is 15.7 Å². The van der Waals surface area contributed by atoms with E-state index in [1.165, 1.54) is 0 Å². The monoisotopic (exact) mass is 372 g/mol. The highest BCUT2D eigenvalue weighted by molar-refractivity contribution is 9.10. The smallest absolute Gasteiger partial charge is 0.407 e. The first-order valence-corrected chi connectivity index (χ1v) is 7.70. The Morgan fingerprint density at radius 3 is 2.68 bits per heavy atom. The SMILES string of the molecule is CC(C)(C)OC(=O)NCCCC(=O)NNc1cccc(Br)n1. The van der Waals surface area contributed by atoms with Crippen LogP contribution in [0.4, 0.5) is 10.6 Å². The molecule has 7 nitrogen and oxygen atoms in total. The van der Waals surface area contributed by atoms with E-state index in [0.717, 1.165) is 0 Å². The number of aromatic nitrogens is 1. The van der Waals surface area contributed by atoms with Crippen molar-refractivity contribution >= 4 is 33.7 Å². The average molecular weight is 373 g/mol. The lowest BCUT2D eigenvalue weighted by Gasteiger charge is -2.19. The summed E-state index contributed by atoms with van der Waals surface area (Å²) in [7, 11) is 0. The van der Waals surface area contributed by atoms with Crippen molar-refractivity contribution in [2.45, 2.75) is 39.2 Å². The summed E-state index contributed by atoms with van der Waals surface area (Å²) in [5.74, 6) is 0.349. The van der Waals surface area contributed by atoms with Crippen molar-refractivity contribution < 1.29 is 14.3 Å². The maximum Gasteiger partial charge on any atom is 0.407 e. The number of halogens is 1.